The first-order valence-electron chi connectivity index (χ1n) is 6.27. The summed E-state index contributed by atoms with van der Waals surface area (Å²) in [6.07, 6.45) is 6.31. The summed E-state index contributed by atoms with van der Waals surface area (Å²) in [5, 5.41) is 1.93. The fourth-order valence-corrected chi connectivity index (χ4v) is 3.13. The minimum atomic E-state index is 0.394. The molecule has 2 nitrogen and oxygen atoms in total. The second kappa shape index (κ2) is 3.33. The SMILES string of the molecule is CC12Cc3c(cnc4ccc(Cl)cc34)N=CC1C2. The fraction of sp³-hybridized carbons (Fsp3) is 0.333. The topological polar surface area (TPSA) is 25.2 Å². The summed E-state index contributed by atoms with van der Waals surface area (Å²) >= 11 is 6.12. The van der Waals surface area contributed by atoms with Gasteiger partial charge in [0.1, 0.15) is 0 Å². The van der Waals surface area contributed by atoms with Gasteiger partial charge in [0.2, 0.25) is 0 Å². The van der Waals surface area contributed by atoms with Crippen molar-refractivity contribution >= 4 is 34.4 Å². The van der Waals surface area contributed by atoms with E-state index in [0.29, 0.717) is 11.3 Å². The predicted molar refractivity (Wildman–Crippen MR) is 74.8 cm³/mol. The molecular formula is C15H13ClN2. The van der Waals surface area contributed by atoms with E-state index in [4.69, 9.17) is 11.6 Å². The third-order valence-corrected chi connectivity index (χ3v) is 4.55. The maximum atomic E-state index is 6.12. The average molecular weight is 257 g/mol. The summed E-state index contributed by atoms with van der Waals surface area (Å²) in [5.74, 6) is 0.638. The number of aliphatic imine (C=N–C) groups is 1. The summed E-state index contributed by atoms with van der Waals surface area (Å²) in [7, 11) is 0. The molecule has 1 aromatic carbocycles. The van der Waals surface area contributed by atoms with Crippen LogP contribution in [0, 0.1) is 11.3 Å². The van der Waals surface area contributed by atoms with E-state index in [1.165, 1.54) is 12.0 Å². The van der Waals surface area contributed by atoms with Crippen molar-refractivity contribution < 1.29 is 0 Å². The molecule has 2 unspecified atom stereocenters. The molecule has 4 rings (SSSR count). The largest absolute Gasteiger partial charge is 0.259 e. The summed E-state index contributed by atoms with van der Waals surface area (Å²) < 4.78 is 0. The molecule has 2 atom stereocenters. The van der Waals surface area contributed by atoms with E-state index in [1.807, 2.05) is 24.4 Å². The van der Waals surface area contributed by atoms with Crippen LogP contribution in [0.25, 0.3) is 10.9 Å². The molecule has 0 radical (unpaired) electrons. The number of nitrogens with zero attached hydrogens (tertiary/aromatic N) is 2. The van der Waals surface area contributed by atoms with Crippen molar-refractivity contribution in [3.05, 3.63) is 35.0 Å². The highest BCUT2D eigenvalue weighted by Gasteiger charge is 2.50. The van der Waals surface area contributed by atoms with E-state index >= 15 is 0 Å². The van der Waals surface area contributed by atoms with Gasteiger partial charge in [0.15, 0.2) is 0 Å². The van der Waals surface area contributed by atoms with Gasteiger partial charge >= 0.3 is 0 Å². The van der Waals surface area contributed by atoms with E-state index in [2.05, 4.69) is 23.1 Å². The van der Waals surface area contributed by atoms with E-state index < -0.39 is 0 Å². The fourth-order valence-electron chi connectivity index (χ4n) is 2.96. The molecule has 1 aromatic heterocycles. The van der Waals surface area contributed by atoms with Crippen LogP contribution in [0.15, 0.2) is 29.4 Å². The standard InChI is InChI=1S/C15H13ClN2/c1-15-5-9(15)7-17-14-8-18-13-3-2-10(16)4-11(13)12(14)6-15/h2-4,7-9H,5-6H2,1H3. The molecule has 0 N–H and O–H groups in total. The Bertz CT molecular complexity index is 692. The molecule has 1 aliphatic carbocycles. The Morgan fingerprint density at radius 2 is 2.28 bits per heavy atom. The summed E-state index contributed by atoms with van der Waals surface area (Å²) in [6, 6.07) is 5.90. The molecule has 0 spiro atoms. The highest BCUT2D eigenvalue weighted by atomic mass is 35.5. The molecule has 1 fully saturated rings. The first-order chi connectivity index (χ1) is 8.66. The van der Waals surface area contributed by atoms with Crippen LogP contribution < -0.4 is 0 Å². The average Bonchev–Trinajstić information content (AvgIpc) is 3.00. The van der Waals surface area contributed by atoms with Crippen LogP contribution in [0.1, 0.15) is 18.9 Å². The predicted octanol–water partition coefficient (Wildman–Crippen LogP) is 4.17. The van der Waals surface area contributed by atoms with Crippen LogP contribution in [-0.4, -0.2) is 11.2 Å². The lowest BCUT2D eigenvalue weighted by Gasteiger charge is -2.12. The normalized spacial score (nSPS) is 28.7. The lowest BCUT2D eigenvalue weighted by Crippen LogP contribution is -2.03. The summed E-state index contributed by atoms with van der Waals surface area (Å²) in [4.78, 5) is 9.07. The lowest BCUT2D eigenvalue weighted by molar-refractivity contribution is 0.553. The Labute approximate surface area is 111 Å². The van der Waals surface area contributed by atoms with Gasteiger partial charge in [0.05, 0.1) is 17.4 Å². The van der Waals surface area contributed by atoms with Crippen molar-refractivity contribution in [3.63, 3.8) is 0 Å². The van der Waals surface area contributed by atoms with Crippen LogP contribution in [0.3, 0.4) is 0 Å². The van der Waals surface area contributed by atoms with E-state index in [-0.39, 0.29) is 0 Å². The third kappa shape index (κ3) is 1.42. The first-order valence-corrected chi connectivity index (χ1v) is 6.65. The summed E-state index contributed by atoms with van der Waals surface area (Å²) in [6.45, 7) is 2.34. The van der Waals surface area contributed by atoms with Gasteiger partial charge in [-0.2, -0.15) is 0 Å². The van der Waals surface area contributed by atoms with Crippen molar-refractivity contribution in [3.8, 4) is 0 Å². The van der Waals surface area contributed by atoms with Crippen LogP contribution in [0.2, 0.25) is 5.02 Å². The van der Waals surface area contributed by atoms with Crippen molar-refractivity contribution in [2.24, 2.45) is 16.3 Å². The molecule has 2 heterocycles. The van der Waals surface area contributed by atoms with Gasteiger partial charge < -0.3 is 0 Å². The molecule has 18 heavy (non-hydrogen) atoms. The number of rotatable bonds is 0. The van der Waals surface area contributed by atoms with Crippen LogP contribution in [-0.2, 0) is 6.42 Å². The molecule has 0 amide bonds. The van der Waals surface area contributed by atoms with E-state index in [1.54, 1.807) is 0 Å². The number of hydrogen-bond donors (Lipinski definition) is 0. The van der Waals surface area contributed by atoms with Crippen molar-refractivity contribution in [2.75, 3.05) is 0 Å². The van der Waals surface area contributed by atoms with E-state index in [9.17, 15) is 0 Å². The number of halogens is 1. The second-order valence-corrected chi connectivity index (χ2v) is 6.14. The monoisotopic (exact) mass is 256 g/mol. The molecule has 3 heteroatoms. The molecule has 2 aliphatic rings. The number of pyridine rings is 1. The Morgan fingerprint density at radius 3 is 3.17 bits per heavy atom. The molecule has 0 saturated heterocycles. The van der Waals surface area contributed by atoms with Gasteiger partial charge in [0, 0.05) is 22.5 Å². The van der Waals surface area contributed by atoms with Crippen molar-refractivity contribution in [2.45, 2.75) is 19.8 Å². The molecule has 0 bridgehead atoms. The first kappa shape index (κ1) is 10.5. The van der Waals surface area contributed by atoms with E-state index in [0.717, 1.165) is 28.0 Å². The smallest absolute Gasteiger partial charge is 0.0847 e. The molecule has 2 aromatic rings. The van der Waals surface area contributed by atoms with Gasteiger partial charge in [-0.1, -0.05) is 18.5 Å². The number of hydrogen-bond acceptors (Lipinski definition) is 2. The molecule has 1 saturated carbocycles. The van der Waals surface area contributed by atoms with Gasteiger partial charge in [-0.05, 0) is 42.0 Å². The van der Waals surface area contributed by atoms with Crippen molar-refractivity contribution in [1.29, 1.82) is 0 Å². The quantitative estimate of drug-likeness (QED) is 0.694. The third-order valence-electron chi connectivity index (χ3n) is 4.31. The van der Waals surface area contributed by atoms with Gasteiger partial charge in [-0.15, -0.1) is 0 Å². The van der Waals surface area contributed by atoms with Gasteiger partial charge in [-0.25, -0.2) is 0 Å². The molecule has 90 valence electrons. The zero-order valence-electron chi connectivity index (χ0n) is 10.2. The Kier molecular flexibility index (Phi) is 1.94. The minimum absolute atomic E-state index is 0.394. The molecule has 1 aliphatic heterocycles. The highest BCUT2D eigenvalue weighted by molar-refractivity contribution is 6.31. The maximum absolute atomic E-state index is 6.12. The van der Waals surface area contributed by atoms with Crippen LogP contribution in [0.4, 0.5) is 5.69 Å². The summed E-state index contributed by atoms with van der Waals surface area (Å²) in [5.41, 5.74) is 3.72. The molecular weight excluding hydrogens is 244 g/mol. The zero-order chi connectivity index (χ0) is 12.3. The Morgan fingerprint density at radius 1 is 1.39 bits per heavy atom. The number of fused-ring (bicyclic) bond motifs is 4. The number of aromatic nitrogens is 1. The van der Waals surface area contributed by atoms with Crippen LogP contribution >= 0.6 is 11.6 Å². The Hall–Kier alpha value is -1.41. The van der Waals surface area contributed by atoms with Crippen molar-refractivity contribution in [1.82, 2.24) is 4.98 Å². The number of benzene rings is 1. The van der Waals surface area contributed by atoms with Gasteiger partial charge in [-0.3, -0.25) is 9.98 Å². The van der Waals surface area contributed by atoms with Gasteiger partial charge in [0.25, 0.3) is 0 Å². The minimum Gasteiger partial charge on any atom is -0.259 e. The zero-order valence-corrected chi connectivity index (χ0v) is 10.9. The van der Waals surface area contributed by atoms with Crippen LogP contribution in [0.5, 0.6) is 0 Å². The Balaban J connectivity index is 2.01. The lowest BCUT2D eigenvalue weighted by atomic mass is 9.94. The highest BCUT2D eigenvalue weighted by Crippen LogP contribution is 2.56. The second-order valence-electron chi connectivity index (χ2n) is 5.70. The maximum Gasteiger partial charge on any atom is 0.0847 e.